The Morgan fingerprint density at radius 1 is 1.07 bits per heavy atom. The van der Waals surface area contributed by atoms with Gasteiger partial charge in [0.15, 0.2) is 0 Å². The van der Waals surface area contributed by atoms with Crippen molar-refractivity contribution >= 4 is 17.6 Å². The van der Waals surface area contributed by atoms with Crippen LogP contribution in [-0.2, 0) is 19.7 Å². The van der Waals surface area contributed by atoms with E-state index in [0.29, 0.717) is 57.8 Å². The molecule has 0 bridgehead atoms. The summed E-state index contributed by atoms with van der Waals surface area (Å²) in [5, 5.41) is 2.85. The highest BCUT2D eigenvalue weighted by Crippen LogP contribution is 2.38. The van der Waals surface area contributed by atoms with Crippen molar-refractivity contribution < 1.29 is 18.7 Å². The maximum Gasteiger partial charge on any atom is 0.233 e. The van der Waals surface area contributed by atoms with E-state index >= 15 is 0 Å². The molecule has 1 aromatic heterocycles. The maximum atomic E-state index is 13.6. The molecule has 4 rings (SSSR count). The van der Waals surface area contributed by atoms with Crippen molar-refractivity contribution in [1.82, 2.24) is 9.88 Å². The number of anilines is 1. The summed E-state index contributed by atoms with van der Waals surface area (Å²) >= 11 is 0. The average molecular weight is 411 g/mol. The first-order valence-electron chi connectivity index (χ1n) is 10.4. The van der Waals surface area contributed by atoms with E-state index in [4.69, 9.17) is 4.74 Å². The second kappa shape index (κ2) is 8.92. The summed E-state index contributed by atoms with van der Waals surface area (Å²) in [6.45, 7) is 2.07. The van der Waals surface area contributed by atoms with Gasteiger partial charge in [0.2, 0.25) is 11.8 Å². The number of carbonyl (C=O) groups is 2. The summed E-state index contributed by atoms with van der Waals surface area (Å²) in [5.41, 5.74) is 0.155. The van der Waals surface area contributed by atoms with Gasteiger partial charge in [0.05, 0.1) is 5.41 Å². The zero-order valence-corrected chi connectivity index (χ0v) is 16.9. The number of hydrogen-bond acceptors (Lipinski definition) is 4. The Bertz CT molecular complexity index is 874. The number of rotatable bonds is 4. The number of carbonyl (C=O) groups excluding carboxylic acids is 2. The third-order valence-corrected chi connectivity index (χ3v) is 6.22. The van der Waals surface area contributed by atoms with Gasteiger partial charge in [-0.25, -0.2) is 9.37 Å². The highest BCUT2D eigenvalue weighted by molar-refractivity contribution is 5.92. The average Bonchev–Trinajstić information content (AvgIpc) is 2.80. The van der Waals surface area contributed by atoms with Crippen LogP contribution >= 0.6 is 0 Å². The lowest BCUT2D eigenvalue weighted by Gasteiger charge is -2.42. The summed E-state index contributed by atoms with van der Waals surface area (Å²) in [4.78, 5) is 32.1. The van der Waals surface area contributed by atoms with Gasteiger partial charge in [-0.15, -0.1) is 0 Å². The SMILES string of the molecule is O=C(Nc1ccccn1)C1CCN(C(=O)C2(c3ccc(F)cc3)CCOCC2)CC1. The van der Waals surface area contributed by atoms with E-state index in [1.54, 1.807) is 30.5 Å². The molecule has 2 aliphatic heterocycles. The molecule has 0 saturated carbocycles. The number of benzene rings is 1. The second-order valence-corrected chi connectivity index (χ2v) is 7.97. The molecule has 1 N–H and O–H groups in total. The van der Waals surface area contributed by atoms with Crippen molar-refractivity contribution in [3.05, 3.63) is 60.0 Å². The minimum atomic E-state index is -0.686. The van der Waals surface area contributed by atoms with Crippen LogP contribution in [0.3, 0.4) is 0 Å². The first-order chi connectivity index (χ1) is 14.6. The molecule has 0 radical (unpaired) electrons. The predicted molar refractivity (Wildman–Crippen MR) is 110 cm³/mol. The van der Waals surface area contributed by atoms with Crippen molar-refractivity contribution in [3.8, 4) is 0 Å². The van der Waals surface area contributed by atoms with Crippen molar-refractivity contribution in [2.75, 3.05) is 31.6 Å². The van der Waals surface area contributed by atoms with Crippen molar-refractivity contribution in [1.29, 1.82) is 0 Å². The predicted octanol–water partition coefficient (Wildman–Crippen LogP) is 3.15. The Kier molecular flexibility index (Phi) is 6.08. The molecule has 0 spiro atoms. The number of nitrogens with one attached hydrogen (secondary N) is 1. The lowest BCUT2D eigenvalue weighted by molar-refractivity contribution is -0.143. The van der Waals surface area contributed by atoms with Crippen LogP contribution in [0, 0.1) is 11.7 Å². The van der Waals surface area contributed by atoms with Gasteiger partial charge in [0, 0.05) is 38.4 Å². The summed E-state index contributed by atoms with van der Waals surface area (Å²) in [5.74, 6) is 0.0836. The largest absolute Gasteiger partial charge is 0.381 e. The van der Waals surface area contributed by atoms with Crippen LogP contribution in [0.5, 0.6) is 0 Å². The van der Waals surface area contributed by atoms with Gasteiger partial charge in [0.1, 0.15) is 11.6 Å². The van der Waals surface area contributed by atoms with Gasteiger partial charge in [-0.05, 0) is 55.5 Å². The molecule has 3 heterocycles. The monoisotopic (exact) mass is 411 g/mol. The van der Waals surface area contributed by atoms with Gasteiger partial charge < -0.3 is 15.0 Å². The number of nitrogens with zero attached hydrogens (tertiary/aromatic N) is 2. The molecule has 158 valence electrons. The standard InChI is InChI=1S/C23H26FN3O3/c24-19-6-4-18(5-7-19)23(10-15-30-16-11-23)22(29)27-13-8-17(9-14-27)21(28)26-20-3-1-2-12-25-20/h1-7,12,17H,8-11,13-16H2,(H,25,26,28). The molecule has 2 fully saturated rings. The Morgan fingerprint density at radius 3 is 2.40 bits per heavy atom. The van der Waals surface area contributed by atoms with E-state index in [1.165, 1.54) is 12.1 Å². The number of halogens is 1. The molecule has 2 amide bonds. The topological polar surface area (TPSA) is 71.5 Å². The molecule has 6 nitrogen and oxygen atoms in total. The Labute approximate surface area is 175 Å². The lowest BCUT2D eigenvalue weighted by Crippen LogP contribution is -2.52. The van der Waals surface area contributed by atoms with Gasteiger partial charge in [0.25, 0.3) is 0 Å². The Hall–Kier alpha value is -2.80. The first-order valence-corrected chi connectivity index (χ1v) is 10.4. The van der Waals surface area contributed by atoms with Crippen LogP contribution in [0.15, 0.2) is 48.7 Å². The minimum absolute atomic E-state index is 0.0555. The fraction of sp³-hybridized carbons (Fsp3) is 0.435. The third-order valence-electron chi connectivity index (χ3n) is 6.22. The molecule has 1 aromatic carbocycles. The zero-order valence-electron chi connectivity index (χ0n) is 16.9. The molecular formula is C23H26FN3O3. The van der Waals surface area contributed by atoms with Gasteiger partial charge >= 0.3 is 0 Å². The molecule has 30 heavy (non-hydrogen) atoms. The van der Waals surface area contributed by atoms with Crippen LogP contribution in [0.25, 0.3) is 0 Å². The number of hydrogen-bond donors (Lipinski definition) is 1. The zero-order chi connectivity index (χ0) is 21.0. The van der Waals surface area contributed by atoms with E-state index < -0.39 is 5.41 Å². The summed E-state index contributed by atoms with van der Waals surface area (Å²) in [6, 6.07) is 11.6. The molecule has 2 aromatic rings. The van der Waals surface area contributed by atoms with E-state index in [-0.39, 0.29) is 23.5 Å². The minimum Gasteiger partial charge on any atom is -0.381 e. The number of piperidine rings is 1. The molecule has 0 aliphatic carbocycles. The van der Waals surface area contributed by atoms with E-state index in [9.17, 15) is 14.0 Å². The van der Waals surface area contributed by atoms with E-state index in [0.717, 1.165) is 5.56 Å². The summed E-state index contributed by atoms with van der Waals surface area (Å²) in [6.07, 6.45) is 4.02. The van der Waals surface area contributed by atoms with E-state index in [1.807, 2.05) is 11.0 Å². The number of pyridine rings is 1. The third kappa shape index (κ3) is 4.21. The number of likely N-dealkylation sites (tertiary alicyclic amines) is 1. The van der Waals surface area contributed by atoms with E-state index in [2.05, 4.69) is 10.3 Å². The van der Waals surface area contributed by atoms with Crippen molar-refractivity contribution in [2.45, 2.75) is 31.1 Å². The van der Waals surface area contributed by atoms with Crippen LogP contribution in [0.2, 0.25) is 0 Å². The van der Waals surface area contributed by atoms with Crippen LogP contribution in [0.1, 0.15) is 31.2 Å². The van der Waals surface area contributed by atoms with Gasteiger partial charge in [-0.1, -0.05) is 18.2 Å². The molecule has 2 aliphatic rings. The molecule has 7 heteroatoms. The highest BCUT2D eigenvalue weighted by Gasteiger charge is 2.45. The maximum absolute atomic E-state index is 13.6. The number of aromatic nitrogens is 1. The lowest BCUT2D eigenvalue weighted by atomic mass is 9.72. The molecule has 0 atom stereocenters. The normalized spacial score (nSPS) is 19.3. The number of ether oxygens (including phenoxy) is 1. The molecule has 0 unspecified atom stereocenters. The number of amides is 2. The first kappa shape index (κ1) is 20.5. The van der Waals surface area contributed by atoms with Crippen LogP contribution < -0.4 is 5.32 Å². The highest BCUT2D eigenvalue weighted by atomic mass is 19.1. The fourth-order valence-electron chi connectivity index (χ4n) is 4.43. The van der Waals surface area contributed by atoms with Crippen LogP contribution in [-0.4, -0.2) is 48.0 Å². The molecular weight excluding hydrogens is 385 g/mol. The quantitative estimate of drug-likeness (QED) is 0.839. The smallest absolute Gasteiger partial charge is 0.233 e. The summed E-state index contributed by atoms with van der Waals surface area (Å²) < 4.78 is 19.0. The van der Waals surface area contributed by atoms with Crippen LogP contribution in [0.4, 0.5) is 10.2 Å². The van der Waals surface area contributed by atoms with Crippen molar-refractivity contribution in [2.24, 2.45) is 5.92 Å². The Balaban J connectivity index is 1.43. The molecule has 2 saturated heterocycles. The van der Waals surface area contributed by atoms with Gasteiger partial charge in [-0.2, -0.15) is 0 Å². The summed E-state index contributed by atoms with van der Waals surface area (Å²) in [7, 11) is 0. The van der Waals surface area contributed by atoms with Crippen molar-refractivity contribution in [3.63, 3.8) is 0 Å². The Morgan fingerprint density at radius 2 is 1.77 bits per heavy atom. The van der Waals surface area contributed by atoms with Gasteiger partial charge in [-0.3, -0.25) is 9.59 Å². The second-order valence-electron chi connectivity index (χ2n) is 7.97. The fourth-order valence-corrected chi connectivity index (χ4v) is 4.43.